The predicted octanol–water partition coefficient (Wildman–Crippen LogP) is 3.32. The van der Waals surface area contributed by atoms with Gasteiger partial charge in [-0.05, 0) is 68.8 Å². The molecule has 0 saturated carbocycles. The summed E-state index contributed by atoms with van der Waals surface area (Å²) in [6.07, 6.45) is 4.89. The Morgan fingerprint density at radius 1 is 1.02 bits per heavy atom. The molecule has 3 aromatic heterocycles. The highest BCUT2D eigenvalue weighted by Gasteiger charge is 2.45. The Morgan fingerprint density at radius 2 is 1.76 bits per heavy atom. The maximum atomic E-state index is 14.1. The molecule has 0 bridgehead atoms. The molecule has 1 amide bonds. The van der Waals surface area contributed by atoms with Gasteiger partial charge in [-0.15, -0.1) is 0 Å². The molecule has 1 atom stereocenters. The summed E-state index contributed by atoms with van der Waals surface area (Å²) >= 11 is 0. The predicted molar refractivity (Wildman–Crippen MR) is 150 cm³/mol. The van der Waals surface area contributed by atoms with Crippen LogP contribution in [0, 0.1) is 0 Å². The van der Waals surface area contributed by atoms with Gasteiger partial charge in [-0.25, -0.2) is 22.9 Å². The number of pyridine rings is 2. The van der Waals surface area contributed by atoms with Crippen molar-refractivity contribution in [3.05, 3.63) is 96.7 Å². The van der Waals surface area contributed by atoms with Crippen LogP contribution in [0.15, 0.2) is 90.3 Å². The zero-order valence-electron chi connectivity index (χ0n) is 22.7. The minimum Gasteiger partial charge on any atom is -0.480 e. The van der Waals surface area contributed by atoms with E-state index in [1.165, 1.54) is 42.7 Å². The lowest BCUT2D eigenvalue weighted by atomic mass is 10.0. The number of hydrogen-bond donors (Lipinski definition) is 2. The Kier molecular flexibility index (Phi) is 8.22. The molecule has 4 rings (SSSR count). The number of benzene rings is 1. The van der Waals surface area contributed by atoms with Crippen molar-refractivity contribution in [2.75, 3.05) is 11.4 Å². The fraction of sp³-hybridized carbons (Fsp3) is 0.250. The number of carboxylic acid groups (broad SMARTS) is 1. The van der Waals surface area contributed by atoms with Gasteiger partial charge in [0.2, 0.25) is 9.84 Å². The SMILES string of the molecule is CC(C)(C)OC(=O)N(CC(=O)O)c1cccc(C(N)(Cc2ccc(-n3cccn3)cc2)S(=O)(=O)c2cccnc2)n1. The molecule has 0 aliphatic heterocycles. The molecule has 0 radical (unpaired) electrons. The summed E-state index contributed by atoms with van der Waals surface area (Å²) in [4.78, 5) is 31.5. The molecular formula is C28H30N6O6S. The van der Waals surface area contributed by atoms with Crippen LogP contribution in [0.3, 0.4) is 0 Å². The highest BCUT2D eigenvalue weighted by atomic mass is 32.2. The maximum absolute atomic E-state index is 14.1. The Balaban J connectivity index is 1.81. The second-order valence-corrected chi connectivity index (χ2v) is 12.4. The van der Waals surface area contributed by atoms with E-state index in [0.29, 0.717) is 5.56 Å². The molecule has 0 spiro atoms. The van der Waals surface area contributed by atoms with Gasteiger partial charge in [0.15, 0.2) is 4.87 Å². The van der Waals surface area contributed by atoms with E-state index in [4.69, 9.17) is 10.5 Å². The topological polar surface area (TPSA) is 171 Å². The highest BCUT2D eigenvalue weighted by molar-refractivity contribution is 7.92. The van der Waals surface area contributed by atoms with E-state index in [1.807, 2.05) is 0 Å². The van der Waals surface area contributed by atoms with Crippen LogP contribution in [-0.2, 0) is 30.7 Å². The molecular weight excluding hydrogens is 548 g/mol. The molecule has 3 heterocycles. The zero-order valence-corrected chi connectivity index (χ0v) is 23.5. The number of carbonyl (C=O) groups excluding carboxylic acids is 1. The quantitative estimate of drug-likeness (QED) is 0.300. The van der Waals surface area contributed by atoms with Crippen LogP contribution in [0.5, 0.6) is 0 Å². The summed E-state index contributed by atoms with van der Waals surface area (Å²) in [5, 5.41) is 13.7. The van der Waals surface area contributed by atoms with Crippen LogP contribution in [0.25, 0.3) is 5.69 Å². The van der Waals surface area contributed by atoms with Crippen LogP contribution in [-0.4, -0.2) is 57.5 Å². The van der Waals surface area contributed by atoms with Crippen molar-refractivity contribution in [2.24, 2.45) is 5.73 Å². The van der Waals surface area contributed by atoms with E-state index in [9.17, 15) is 23.1 Å². The summed E-state index contributed by atoms with van der Waals surface area (Å²) in [5.41, 5.74) is 7.11. The van der Waals surface area contributed by atoms with E-state index in [0.717, 1.165) is 10.6 Å². The monoisotopic (exact) mass is 578 g/mol. The van der Waals surface area contributed by atoms with Crippen molar-refractivity contribution in [1.82, 2.24) is 19.7 Å². The fourth-order valence-corrected chi connectivity index (χ4v) is 5.66. The lowest BCUT2D eigenvalue weighted by Gasteiger charge is -2.30. The van der Waals surface area contributed by atoms with Crippen molar-refractivity contribution in [1.29, 1.82) is 0 Å². The Bertz CT molecular complexity index is 1620. The minimum atomic E-state index is -4.34. The lowest BCUT2D eigenvalue weighted by Crippen LogP contribution is -2.48. The first kappa shape index (κ1) is 29.4. The molecule has 0 aliphatic carbocycles. The number of carbonyl (C=O) groups is 2. The van der Waals surface area contributed by atoms with Crippen LogP contribution >= 0.6 is 0 Å². The standard InChI is InChI=1S/C28H30N6O6S/c1-27(2,3)40-26(37)33(19-25(35)36)24-9-4-8-23(32-24)28(29,41(38,39)22-7-5-14-30-18-22)17-20-10-12-21(13-11-20)34-16-6-15-31-34/h4-16,18H,17,19,29H2,1-3H3,(H,35,36). The average Bonchev–Trinajstić information content (AvgIpc) is 3.47. The van der Waals surface area contributed by atoms with Gasteiger partial charge in [0, 0.05) is 31.2 Å². The fourth-order valence-electron chi connectivity index (χ4n) is 4.03. The summed E-state index contributed by atoms with van der Waals surface area (Å²) < 4.78 is 35.2. The van der Waals surface area contributed by atoms with Crippen molar-refractivity contribution in [2.45, 2.75) is 42.6 Å². The number of aromatic nitrogens is 4. The highest BCUT2D eigenvalue weighted by Crippen LogP contribution is 2.34. The number of carboxylic acids is 1. The van der Waals surface area contributed by atoms with Crippen molar-refractivity contribution >= 4 is 27.7 Å². The molecule has 214 valence electrons. The molecule has 41 heavy (non-hydrogen) atoms. The molecule has 4 aromatic rings. The van der Waals surface area contributed by atoms with Gasteiger partial charge in [0.05, 0.1) is 16.3 Å². The average molecular weight is 579 g/mol. The molecule has 0 aliphatic rings. The van der Waals surface area contributed by atoms with Crippen LogP contribution in [0.1, 0.15) is 32.0 Å². The lowest BCUT2D eigenvalue weighted by molar-refractivity contribution is -0.135. The van der Waals surface area contributed by atoms with E-state index in [1.54, 1.807) is 68.2 Å². The second kappa shape index (κ2) is 11.5. The molecule has 0 fully saturated rings. The third kappa shape index (κ3) is 6.58. The van der Waals surface area contributed by atoms with E-state index in [-0.39, 0.29) is 22.8 Å². The van der Waals surface area contributed by atoms with Crippen LogP contribution in [0.4, 0.5) is 10.6 Å². The largest absolute Gasteiger partial charge is 0.480 e. The number of nitrogens with two attached hydrogens (primary N) is 1. The summed E-state index contributed by atoms with van der Waals surface area (Å²) in [5.74, 6) is -1.45. The number of amides is 1. The first-order valence-corrected chi connectivity index (χ1v) is 14.0. The smallest absolute Gasteiger partial charge is 0.416 e. The minimum absolute atomic E-state index is 0.103. The Hall–Kier alpha value is -4.62. The third-order valence-corrected chi connectivity index (χ3v) is 8.12. The van der Waals surface area contributed by atoms with E-state index in [2.05, 4.69) is 15.1 Å². The van der Waals surface area contributed by atoms with Gasteiger partial charge in [0.25, 0.3) is 0 Å². The molecule has 3 N–H and O–H groups in total. The molecule has 13 heteroatoms. The summed E-state index contributed by atoms with van der Waals surface area (Å²) in [7, 11) is -4.34. The van der Waals surface area contributed by atoms with Crippen LogP contribution < -0.4 is 10.6 Å². The number of anilines is 1. The zero-order chi connectivity index (χ0) is 29.8. The first-order chi connectivity index (χ1) is 19.3. The van der Waals surface area contributed by atoms with Gasteiger partial charge in [0.1, 0.15) is 18.0 Å². The molecule has 1 unspecified atom stereocenters. The van der Waals surface area contributed by atoms with Gasteiger partial charge >= 0.3 is 12.1 Å². The van der Waals surface area contributed by atoms with Gasteiger partial charge in [-0.3, -0.25) is 14.7 Å². The van der Waals surface area contributed by atoms with E-state index < -0.39 is 38.9 Å². The second-order valence-electron chi connectivity index (χ2n) is 10.2. The molecule has 1 aromatic carbocycles. The van der Waals surface area contributed by atoms with Gasteiger partial charge in [-0.2, -0.15) is 5.10 Å². The number of aliphatic carboxylic acids is 1. The third-order valence-electron chi connectivity index (χ3n) is 5.95. The van der Waals surface area contributed by atoms with E-state index >= 15 is 0 Å². The number of hydrogen-bond acceptors (Lipinski definition) is 9. The van der Waals surface area contributed by atoms with Gasteiger partial charge < -0.3 is 15.6 Å². The van der Waals surface area contributed by atoms with Crippen molar-refractivity contribution in [3.63, 3.8) is 0 Å². The van der Waals surface area contributed by atoms with Crippen LogP contribution in [0.2, 0.25) is 0 Å². The van der Waals surface area contributed by atoms with Gasteiger partial charge in [-0.1, -0.05) is 18.2 Å². The first-order valence-electron chi connectivity index (χ1n) is 12.5. The summed E-state index contributed by atoms with van der Waals surface area (Å²) in [6, 6.07) is 15.9. The number of rotatable bonds is 9. The van der Waals surface area contributed by atoms with Crippen molar-refractivity contribution < 1.29 is 27.9 Å². The van der Waals surface area contributed by atoms with Crippen molar-refractivity contribution in [3.8, 4) is 5.69 Å². The maximum Gasteiger partial charge on any atom is 0.416 e. The number of sulfone groups is 1. The summed E-state index contributed by atoms with van der Waals surface area (Å²) in [6.45, 7) is 4.14. The molecule has 0 saturated heterocycles. The number of nitrogens with zero attached hydrogens (tertiary/aromatic N) is 5. The normalized spacial score (nSPS) is 13.3. The number of ether oxygens (including phenoxy) is 1. The Morgan fingerprint density at radius 3 is 2.34 bits per heavy atom. The molecule has 12 nitrogen and oxygen atoms in total. The Labute approximate surface area is 237 Å².